The number of halogens is 8. The summed E-state index contributed by atoms with van der Waals surface area (Å²) in [5.74, 6) is -2.94. The Kier molecular flexibility index (Phi) is 7.69. The minimum atomic E-state index is -4.94. The molecule has 0 aromatic heterocycles. The summed E-state index contributed by atoms with van der Waals surface area (Å²) in [7, 11) is 0. The van der Waals surface area contributed by atoms with Crippen LogP contribution in [0.25, 0.3) is 0 Å². The molecule has 1 amide bonds. The van der Waals surface area contributed by atoms with E-state index < -0.39 is 54.2 Å². The van der Waals surface area contributed by atoms with Gasteiger partial charge in [0.05, 0.1) is 5.56 Å². The Bertz CT molecular complexity index is 1010. The van der Waals surface area contributed by atoms with Crippen molar-refractivity contribution in [2.75, 3.05) is 25.0 Å². The van der Waals surface area contributed by atoms with Gasteiger partial charge in [-0.25, -0.2) is 13.6 Å². The Hall–Kier alpha value is -2.89. The lowest BCUT2D eigenvalue weighted by atomic mass is 9.89. The van der Waals surface area contributed by atoms with E-state index in [2.05, 4.69) is 4.74 Å². The predicted molar refractivity (Wildman–Crippen MR) is 106 cm³/mol. The van der Waals surface area contributed by atoms with E-state index in [0.717, 1.165) is 18.2 Å². The van der Waals surface area contributed by atoms with Crippen molar-refractivity contribution in [2.24, 2.45) is 0 Å². The molecule has 0 saturated carbocycles. The second kappa shape index (κ2) is 10.2. The van der Waals surface area contributed by atoms with Gasteiger partial charge in [0.25, 0.3) is 0 Å². The Morgan fingerprint density at radius 1 is 1.06 bits per heavy atom. The lowest BCUT2D eigenvalue weighted by Crippen LogP contribution is -2.47. The minimum absolute atomic E-state index is 0.0437. The highest BCUT2D eigenvalue weighted by atomic mass is 19.4. The summed E-state index contributed by atoms with van der Waals surface area (Å²) in [4.78, 5) is 13.3. The molecule has 4 nitrogen and oxygen atoms in total. The molecular weight excluding hydrogens is 476 g/mol. The number of anilines is 1. The highest BCUT2D eigenvalue weighted by molar-refractivity contribution is 5.84. The highest BCUT2D eigenvalue weighted by Gasteiger charge is 2.44. The molecule has 2 aromatic rings. The molecule has 1 fully saturated rings. The lowest BCUT2D eigenvalue weighted by molar-refractivity contribution is -0.207. The van der Waals surface area contributed by atoms with Crippen LogP contribution in [0, 0.1) is 11.6 Å². The van der Waals surface area contributed by atoms with E-state index in [0.29, 0.717) is 30.5 Å². The summed E-state index contributed by atoms with van der Waals surface area (Å²) >= 11 is 0. The number of piperidine rings is 1. The maximum absolute atomic E-state index is 13.5. The normalized spacial score (nSPS) is 18.4. The number of alkyl halides is 6. The van der Waals surface area contributed by atoms with E-state index >= 15 is 0 Å². The van der Waals surface area contributed by atoms with Crippen LogP contribution in [0.2, 0.25) is 0 Å². The zero-order valence-electron chi connectivity index (χ0n) is 17.5. The third kappa shape index (κ3) is 6.81. The van der Waals surface area contributed by atoms with Gasteiger partial charge in [0.1, 0.15) is 0 Å². The van der Waals surface area contributed by atoms with Gasteiger partial charge in [-0.15, -0.1) is 0 Å². The second-order valence-corrected chi connectivity index (χ2v) is 7.91. The number of rotatable bonds is 5. The largest absolute Gasteiger partial charge is 0.435 e. The standard InChI is InChI=1S/C22H20F8N2O2/c23-17-7-6-16(10-18(17)24)31-20(33)34-19(22(28,29)30)12-32-8-2-4-14(11-32)13-3-1-5-15(9-13)21(25,26)27/h1,3,5-7,9-10,14,19H,2,4,8,11-12H2,(H,31,33)/t14?,19-/m0/s1. The van der Waals surface area contributed by atoms with Crippen molar-refractivity contribution in [2.45, 2.75) is 37.2 Å². The summed E-state index contributed by atoms with van der Waals surface area (Å²) < 4.78 is 110. The van der Waals surface area contributed by atoms with E-state index in [9.17, 15) is 39.9 Å². The number of amides is 1. The molecule has 186 valence electrons. The van der Waals surface area contributed by atoms with E-state index in [-0.39, 0.29) is 18.8 Å². The average Bonchev–Trinajstić information content (AvgIpc) is 2.75. The number of carbonyl (C=O) groups is 1. The van der Waals surface area contributed by atoms with Gasteiger partial charge in [-0.1, -0.05) is 18.2 Å². The topological polar surface area (TPSA) is 41.6 Å². The monoisotopic (exact) mass is 496 g/mol. The first-order chi connectivity index (χ1) is 15.8. The maximum atomic E-state index is 13.5. The first-order valence-electron chi connectivity index (χ1n) is 10.2. The van der Waals surface area contributed by atoms with Crippen molar-refractivity contribution in [3.63, 3.8) is 0 Å². The molecule has 34 heavy (non-hydrogen) atoms. The second-order valence-electron chi connectivity index (χ2n) is 7.91. The van der Waals surface area contributed by atoms with Crippen LogP contribution in [0.15, 0.2) is 42.5 Å². The predicted octanol–water partition coefficient (Wildman–Crippen LogP) is 6.34. The number of likely N-dealkylation sites (tertiary alicyclic amines) is 1. The van der Waals surface area contributed by atoms with Crippen molar-refractivity contribution in [1.29, 1.82) is 0 Å². The number of nitrogens with zero attached hydrogens (tertiary/aromatic N) is 1. The molecule has 2 atom stereocenters. The van der Waals surface area contributed by atoms with Crippen LogP contribution in [-0.2, 0) is 10.9 Å². The van der Waals surface area contributed by atoms with Crippen LogP contribution in [0.5, 0.6) is 0 Å². The van der Waals surface area contributed by atoms with Gasteiger partial charge >= 0.3 is 18.4 Å². The van der Waals surface area contributed by atoms with Crippen LogP contribution in [0.3, 0.4) is 0 Å². The number of ether oxygens (including phenoxy) is 1. The smallest absolute Gasteiger partial charge is 0.426 e. The summed E-state index contributed by atoms with van der Waals surface area (Å²) in [6.45, 7) is -0.456. The van der Waals surface area contributed by atoms with Gasteiger partial charge in [0, 0.05) is 24.8 Å². The van der Waals surface area contributed by atoms with Crippen molar-refractivity contribution < 1.29 is 44.7 Å². The molecule has 2 aromatic carbocycles. The molecule has 1 heterocycles. The first kappa shape index (κ1) is 25.7. The Morgan fingerprint density at radius 3 is 2.44 bits per heavy atom. The molecule has 1 saturated heterocycles. The van der Waals surface area contributed by atoms with Gasteiger partial charge in [-0.2, -0.15) is 26.3 Å². The van der Waals surface area contributed by atoms with Crippen molar-refractivity contribution >= 4 is 11.8 Å². The zero-order valence-corrected chi connectivity index (χ0v) is 17.5. The number of nitrogens with one attached hydrogen (secondary N) is 1. The molecular formula is C22H20F8N2O2. The van der Waals surface area contributed by atoms with Crippen LogP contribution >= 0.6 is 0 Å². The number of benzene rings is 2. The fourth-order valence-electron chi connectivity index (χ4n) is 3.75. The molecule has 3 rings (SSSR count). The van der Waals surface area contributed by atoms with Crippen molar-refractivity contribution in [1.82, 2.24) is 4.90 Å². The van der Waals surface area contributed by atoms with E-state index in [1.54, 1.807) is 0 Å². The van der Waals surface area contributed by atoms with Crippen LogP contribution < -0.4 is 5.32 Å². The average molecular weight is 496 g/mol. The van der Waals surface area contributed by atoms with Gasteiger partial charge in [0.15, 0.2) is 11.6 Å². The van der Waals surface area contributed by atoms with E-state index in [4.69, 9.17) is 0 Å². The quantitative estimate of drug-likeness (QED) is 0.491. The molecule has 0 aliphatic carbocycles. The molecule has 1 N–H and O–H groups in total. The molecule has 1 unspecified atom stereocenters. The van der Waals surface area contributed by atoms with Gasteiger partial charge in [-0.3, -0.25) is 10.2 Å². The molecule has 0 bridgehead atoms. The first-order valence-corrected chi connectivity index (χ1v) is 10.2. The third-order valence-electron chi connectivity index (χ3n) is 5.40. The van der Waals surface area contributed by atoms with Gasteiger partial charge < -0.3 is 4.74 Å². The number of hydrogen-bond donors (Lipinski definition) is 1. The molecule has 0 spiro atoms. The summed E-state index contributed by atoms with van der Waals surface area (Å²) in [5.41, 5.74) is -0.778. The molecule has 0 radical (unpaired) electrons. The fraction of sp³-hybridized carbons (Fsp3) is 0.409. The molecule has 12 heteroatoms. The zero-order chi connectivity index (χ0) is 25.1. The maximum Gasteiger partial charge on any atom is 0.426 e. The molecule has 1 aliphatic heterocycles. The van der Waals surface area contributed by atoms with Crippen molar-refractivity contribution in [3.8, 4) is 0 Å². The van der Waals surface area contributed by atoms with E-state index in [1.807, 2.05) is 5.32 Å². The number of carbonyl (C=O) groups excluding carboxylic acids is 1. The Morgan fingerprint density at radius 2 is 1.79 bits per heavy atom. The van der Waals surface area contributed by atoms with E-state index in [1.165, 1.54) is 17.0 Å². The van der Waals surface area contributed by atoms with Gasteiger partial charge in [-0.05, 0) is 49.1 Å². The highest BCUT2D eigenvalue weighted by Crippen LogP contribution is 2.34. The minimum Gasteiger partial charge on any atom is -0.435 e. The summed E-state index contributed by atoms with van der Waals surface area (Å²) in [6, 6.07) is 6.88. The lowest BCUT2D eigenvalue weighted by Gasteiger charge is -2.35. The number of hydrogen-bond acceptors (Lipinski definition) is 3. The fourth-order valence-corrected chi connectivity index (χ4v) is 3.75. The molecule has 1 aliphatic rings. The Balaban J connectivity index is 1.66. The van der Waals surface area contributed by atoms with Crippen LogP contribution in [0.1, 0.15) is 29.9 Å². The summed E-state index contributed by atoms with van der Waals surface area (Å²) in [6.07, 6.45) is -12.6. The summed E-state index contributed by atoms with van der Waals surface area (Å²) in [5, 5.41) is 1.91. The SMILES string of the molecule is O=C(Nc1ccc(F)c(F)c1)O[C@@H](CN1CCCC(c2cccc(C(F)(F)F)c2)C1)C(F)(F)F. The Labute approximate surface area is 189 Å². The van der Waals surface area contributed by atoms with Crippen molar-refractivity contribution in [3.05, 3.63) is 65.2 Å². The van der Waals surface area contributed by atoms with Crippen LogP contribution in [-0.4, -0.2) is 42.9 Å². The third-order valence-corrected chi connectivity index (χ3v) is 5.40. The van der Waals surface area contributed by atoms with Gasteiger partial charge in [0.2, 0.25) is 6.10 Å². The van der Waals surface area contributed by atoms with Crippen LogP contribution in [0.4, 0.5) is 45.6 Å².